The number of aliphatic hydroxyl groups is 13. The number of fused-ring (bicyclic) bond motifs is 2. The molecule has 4 rings (SSSR count). The van der Waals surface area contributed by atoms with E-state index >= 15 is 0 Å². The minimum absolute atomic E-state index is 0.191. The van der Waals surface area contributed by atoms with Crippen molar-refractivity contribution in [3.63, 3.8) is 0 Å². The van der Waals surface area contributed by atoms with Gasteiger partial charge in [0, 0.05) is 31.1 Å². The number of hydrogen-bond acceptors (Lipinski definition) is 23. The summed E-state index contributed by atoms with van der Waals surface area (Å²) in [6, 6.07) is -1.17. The fraction of sp³-hybridized carbons (Fsp3) is 0.736. The molecule has 17 N–H and O–H groups in total. The lowest BCUT2D eigenvalue weighted by atomic mass is 9.82. The van der Waals surface area contributed by atoms with E-state index in [0.29, 0.717) is 12.8 Å². The van der Waals surface area contributed by atoms with Crippen molar-refractivity contribution in [1.82, 2.24) is 5.48 Å². The molecule has 0 aromatic rings. The molecular formula is C53H86N2O22. The number of carbonyl (C=O) groups is 2. The van der Waals surface area contributed by atoms with Gasteiger partial charge in [0.15, 0.2) is 18.4 Å². The Labute approximate surface area is 449 Å². The first-order chi connectivity index (χ1) is 36.4. The maximum Gasteiger partial charge on any atom is 0.308 e. The average molecular weight is 1100 g/mol. The Balaban J connectivity index is 1.58. The predicted octanol–water partition coefficient (Wildman–Crippen LogP) is -1.82. The molecule has 440 valence electrons. The van der Waals surface area contributed by atoms with Crippen LogP contribution < -0.4 is 11.2 Å². The summed E-state index contributed by atoms with van der Waals surface area (Å²) in [5.74, 6) is -6.89. The summed E-state index contributed by atoms with van der Waals surface area (Å²) in [4.78, 5) is 26.1. The summed E-state index contributed by atoms with van der Waals surface area (Å²) in [5, 5.41) is 150. The van der Waals surface area contributed by atoms with E-state index in [1.807, 2.05) is 37.3 Å². The third kappa shape index (κ3) is 20.3. The molecule has 4 aliphatic rings. The quantitative estimate of drug-likeness (QED) is 0.0791. The van der Waals surface area contributed by atoms with Crippen LogP contribution in [0.4, 0.5) is 0 Å². The van der Waals surface area contributed by atoms with Gasteiger partial charge in [0.25, 0.3) is 5.91 Å². The van der Waals surface area contributed by atoms with Gasteiger partial charge >= 0.3 is 5.97 Å². The first-order valence-corrected chi connectivity index (χ1v) is 26.4. The minimum atomic E-state index is -2.39. The van der Waals surface area contributed by atoms with Crippen molar-refractivity contribution in [2.75, 3.05) is 6.61 Å². The minimum Gasteiger partial charge on any atom is -0.462 e. The number of aliphatic hydroxyl groups excluding tert-OH is 12. The van der Waals surface area contributed by atoms with Crippen molar-refractivity contribution in [2.45, 2.75) is 220 Å². The van der Waals surface area contributed by atoms with Gasteiger partial charge < -0.3 is 101 Å². The maximum absolute atomic E-state index is 13.1. The number of cyclic esters (lactones) is 1. The normalized spacial score (nSPS) is 46.1. The highest BCUT2D eigenvalue weighted by Crippen LogP contribution is 2.38. The number of amides is 1. The number of nitrogens with two attached hydrogens (primary N) is 1. The summed E-state index contributed by atoms with van der Waals surface area (Å²) < 4.78 is 35.4. The molecule has 2 bridgehead atoms. The molecule has 0 spiro atoms. The molecule has 24 heteroatoms. The molecule has 24 nitrogen and oxygen atoms in total. The van der Waals surface area contributed by atoms with Crippen molar-refractivity contribution >= 4 is 11.9 Å². The van der Waals surface area contributed by atoms with Gasteiger partial charge in [-0.15, -0.1) is 0 Å². The molecule has 4 heterocycles. The second-order valence-electron chi connectivity index (χ2n) is 20.8. The van der Waals surface area contributed by atoms with Gasteiger partial charge in [0.05, 0.1) is 92.1 Å². The SMILES string of the molecule is C[C@@H]1[C@H](OC2O[C@H](CO)[C@@H](O)[C@H](O)[C@@H]2O)[C@@H](C)/C=C/C=C/CC/C=C/C=C/C=C/C=C/[C@H](O[C@@H]2O[C@H](C)[C@@H](O)[C@H](N)[C@@H]2O)C[C@@H]2O[C@](O)(C[C@@H](O)[C@H](O)CC[C@@H](O)C[C@@H](O)C[C@@H](O)CC(=O)O[C@H]1C)C[C@H](O)[C@H]2C(=O)NO. The highest BCUT2D eigenvalue weighted by Gasteiger charge is 2.51. The molecule has 4 aliphatic heterocycles. The number of rotatable bonds is 6. The van der Waals surface area contributed by atoms with Crippen LogP contribution in [-0.2, 0) is 38.0 Å². The van der Waals surface area contributed by atoms with Crippen molar-refractivity contribution in [2.24, 2.45) is 23.5 Å². The second kappa shape index (κ2) is 32.1. The van der Waals surface area contributed by atoms with E-state index in [9.17, 15) is 81.2 Å². The van der Waals surface area contributed by atoms with Crippen molar-refractivity contribution in [3.05, 3.63) is 72.9 Å². The van der Waals surface area contributed by atoms with E-state index in [2.05, 4.69) is 0 Å². The molecule has 3 saturated heterocycles. The summed E-state index contributed by atoms with van der Waals surface area (Å²) in [6.07, 6.45) is -7.24. The number of carbonyl (C=O) groups excluding carboxylic acids is 2. The largest absolute Gasteiger partial charge is 0.462 e. The van der Waals surface area contributed by atoms with E-state index in [1.165, 1.54) is 18.5 Å². The fourth-order valence-electron chi connectivity index (χ4n) is 9.77. The molecule has 1 amide bonds. The highest BCUT2D eigenvalue weighted by atomic mass is 16.7. The van der Waals surface area contributed by atoms with Crippen LogP contribution in [0.1, 0.15) is 91.9 Å². The van der Waals surface area contributed by atoms with Crippen LogP contribution in [0.25, 0.3) is 0 Å². The van der Waals surface area contributed by atoms with E-state index in [1.54, 1.807) is 50.3 Å². The maximum atomic E-state index is 13.1. The number of hydroxylamine groups is 1. The number of ether oxygens (including phenoxy) is 6. The van der Waals surface area contributed by atoms with Crippen LogP contribution >= 0.6 is 0 Å². The Hall–Kier alpha value is -3.42. The van der Waals surface area contributed by atoms with Gasteiger partial charge in [-0.1, -0.05) is 86.8 Å². The summed E-state index contributed by atoms with van der Waals surface area (Å²) >= 11 is 0. The van der Waals surface area contributed by atoms with E-state index < -0.39 is 184 Å². The Morgan fingerprint density at radius 1 is 0.675 bits per heavy atom. The van der Waals surface area contributed by atoms with E-state index in [-0.39, 0.29) is 32.1 Å². The van der Waals surface area contributed by atoms with Gasteiger partial charge in [0.2, 0.25) is 0 Å². The van der Waals surface area contributed by atoms with Crippen LogP contribution in [0.2, 0.25) is 0 Å². The Morgan fingerprint density at radius 2 is 1.27 bits per heavy atom. The summed E-state index contributed by atoms with van der Waals surface area (Å²) in [7, 11) is 0. The fourth-order valence-corrected chi connectivity index (χ4v) is 9.77. The van der Waals surface area contributed by atoms with Gasteiger partial charge in [0.1, 0.15) is 36.6 Å². The number of allylic oxidation sites excluding steroid dienone is 10. The lowest BCUT2D eigenvalue weighted by Crippen LogP contribution is -2.62. The highest BCUT2D eigenvalue weighted by molar-refractivity contribution is 5.78. The smallest absolute Gasteiger partial charge is 0.308 e. The molecule has 0 aromatic heterocycles. The van der Waals surface area contributed by atoms with Gasteiger partial charge in [-0.05, 0) is 52.4 Å². The van der Waals surface area contributed by atoms with Crippen molar-refractivity contribution in [3.8, 4) is 0 Å². The third-order valence-corrected chi connectivity index (χ3v) is 14.5. The van der Waals surface area contributed by atoms with E-state index in [0.717, 1.165) is 0 Å². The zero-order chi connectivity index (χ0) is 57.1. The third-order valence-electron chi connectivity index (χ3n) is 14.5. The zero-order valence-corrected chi connectivity index (χ0v) is 44.1. The number of esters is 1. The molecule has 77 heavy (non-hydrogen) atoms. The lowest BCUT2D eigenvalue weighted by molar-refractivity contribution is -0.318. The Morgan fingerprint density at radius 3 is 1.94 bits per heavy atom. The van der Waals surface area contributed by atoms with Crippen LogP contribution in [-0.4, -0.2) is 218 Å². The van der Waals surface area contributed by atoms with Crippen LogP contribution in [0.5, 0.6) is 0 Å². The first-order valence-electron chi connectivity index (χ1n) is 26.4. The predicted molar refractivity (Wildman–Crippen MR) is 272 cm³/mol. The van der Waals surface area contributed by atoms with Crippen molar-refractivity contribution < 1.29 is 110 Å². The number of nitrogens with one attached hydrogen (secondary N) is 1. The van der Waals surface area contributed by atoms with Crippen LogP contribution in [0.3, 0.4) is 0 Å². The lowest BCUT2D eigenvalue weighted by Gasteiger charge is -2.46. The molecule has 0 aliphatic carbocycles. The summed E-state index contributed by atoms with van der Waals surface area (Å²) in [6.45, 7) is 5.96. The standard InChI is InChI=1S/C53H86N2O22/c1-28-17-15-13-11-9-7-5-6-8-10-12-14-16-18-35(74-51-46(66)43(54)44(64)31(4)73-51)24-39-42(50(69)55-71)38(62)26-53(70,77-39)25-37(61)36(60)20-19-32(57)21-33(58)22-34(59)23-41(63)72-30(3)29(2)49(28)76-52-48(68)47(67)45(65)40(27-56)75-52/h5-6,8,10-18,28-40,42-49,51-52,56-62,64-68,70-71H,7,9,19-27,54H2,1-4H3,(H,55,69)/b6-5+,10-8+,13-11+,14-12+,17-15+,18-16+/t28-,29-,30-,31+,32+,33+,34+,35-,36+,37+,38-,39-,40+,42+,43-,44+,45+,46-,47-,48-,49+,51-,52?,53+/m0/s1. The van der Waals surface area contributed by atoms with Gasteiger partial charge in [-0.25, -0.2) is 5.48 Å². The first kappa shape index (κ1) is 66.1. The van der Waals surface area contributed by atoms with Gasteiger partial charge in [-0.3, -0.25) is 14.8 Å². The molecular weight excluding hydrogens is 1020 g/mol. The molecule has 3 fully saturated rings. The molecule has 24 atom stereocenters. The average Bonchev–Trinajstić information content (AvgIpc) is 3.37. The van der Waals surface area contributed by atoms with E-state index in [4.69, 9.17) is 34.2 Å². The number of hydrogen-bond donors (Lipinski definition) is 16. The van der Waals surface area contributed by atoms with Crippen LogP contribution in [0.15, 0.2) is 72.9 Å². The van der Waals surface area contributed by atoms with Crippen molar-refractivity contribution in [1.29, 1.82) is 0 Å². The monoisotopic (exact) mass is 1100 g/mol. The molecule has 0 saturated carbocycles. The Bertz CT molecular complexity index is 1960. The molecule has 0 radical (unpaired) electrons. The Kier molecular flexibility index (Phi) is 27.6. The van der Waals surface area contributed by atoms with Crippen LogP contribution in [0, 0.1) is 17.8 Å². The zero-order valence-electron chi connectivity index (χ0n) is 44.1. The molecule has 0 aromatic carbocycles. The summed E-state index contributed by atoms with van der Waals surface area (Å²) in [5.41, 5.74) is 7.55. The van der Waals surface area contributed by atoms with Gasteiger partial charge in [-0.2, -0.15) is 0 Å². The topological polar surface area (TPSA) is 411 Å². The second-order valence-corrected chi connectivity index (χ2v) is 20.8. The molecule has 1 unspecified atom stereocenters.